The van der Waals surface area contributed by atoms with Crippen LogP contribution in [0, 0.1) is 5.92 Å². The number of methoxy groups -OCH3 is 3. The largest absolute Gasteiger partial charge is 0.504 e. The number of hydrogen-bond acceptors (Lipinski definition) is 8. The zero-order chi connectivity index (χ0) is 23.1. The summed E-state index contributed by atoms with van der Waals surface area (Å²) in [5.74, 6) is 1.64. The van der Waals surface area contributed by atoms with Crippen LogP contribution in [0.5, 0.6) is 23.0 Å². The second-order valence-electron chi connectivity index (χ2n) is 8.15. The number of benzene rings is 2. The summed E-state index contributed by atoms with van der Waals surface area (Å²) in [5, 5.41) is 14.7. The van der Waals surface area contributed by atoms with Crippen LogP contribution in [0.15, 0.2) is 47.7 Å². The van der Waals surface area contributed by atoms with Crippen molar-refractivity contribution < 1.29 is 24.1 Å². The standard InChI is InChI=1S/C24H24N4O5/c1-31-19-6-5-14(9-17(19)29)23-22-16(27-24-25-12-26-28(23)24)8-15(10-18(22)30)13-4-7-20(32-2)21(11-13)33-3/h4-7,9,11-12,15,22-23,29H,8,10H2,1-3H3. The molecule has 1 aliphatic carbocycles. The molecule has 9 heteroatoms. The highest BCUT2D eigenvalue weighted by molar-refractivity contribution is 6.10. The van der Waals surface area contributed by atoms with E-state index in [2.05, 4.69) is 10.1 Å². The molecule has 0 spiro atoms. The summed E-state index contributed by atoms with van der Waals surface area (Å²) in [4.78, 5) is 22.5. The van der Waals surface area contributed by atoms with E-state index in [0.29, 0.717) is 36.0 Å². The molecule has 5 rings (SSSR count). The number of aliphatic imine (C=N–C) groups is 1. The van der Waals surface area contributed by atoms with Gasteiger partial charge in [-0.15, -0.1) is 0 Å². The number of Topliss-reactive ketones (excluding diaryl/α,β-unsaturated/α-hetero) is 1. The molecule has 3 atom stereocenters. The van der Waals surface area contributed by atoms with Crippen molar-refractivity contribution in [3.05, 3.63) is 53.9 Å². The second-order valence-corrected chi connectivity index (χ2v) is 8.15. The summed E-state index contributed by atoms with van der Waals surface area (Å²) in [6.45, 7) is 0. The van der Waals surface area contributed by atoms with Crippen molar-refractivity contribution in [3.8, 4) is 23.0 Å². The van der Waals surface area contributed by atoms with E-state index < -0.39 is 12.0 Å². The SMILES string of the molecule is COc1ccc(C2C3C(=O)CC(c4ccc(OC)c(OC)c4)CC3=Nc3ncnn32)cc1O. The summed E-state index contributed by atoms with van der Waals surface area (Å²) in [6, 6.07) is 10.4. The van der Waals surface area contributed by atoms with E-state index in [-0.39, 0.29) is 17.5 Å². The first-order valence-electron chi connectivity index (χ1n) is 10.6. The molecule has 3 aromatic rings. The van der Waals surface area contributed by atoms with Crippen molar-refractivity contribution in [2.45, 2.75) is 24.8 Å². The Morgan fingerprint density at radius 2 is 1.67 bits per heavy atom. The van der Waals surface area contributed by atoms with Gasteiger partial charge in [0.15, 0.2) is 23.0 Å². The predicted octanol–water partition coefficient (Wildman–Crippen LogP) is 3.45. The molecule has 0 bridgehead atoms. The summed E-state index contributed by atoms with van der Waals surface area (Å²) >= 11 is 0. The Balaban J connectivity index is 1.53. The van der Waals surface area contributed by atoms with Gasteiger partial charge in [0, 0.05) is 12.1 Å². The lowest BCUT2D eigenvalue weighted by Gasteiger charge is -2.37. The summed E-state index contributed by atoms with van der Waals surface area (Å²) < 4.78 is 17.6. The maximum Gasteiger partial charge on any atom is 0.248 e. The summed E-state index contributed by atoms with van der Waals surface area (Å²) in [6.07, 6.45) is 2.41. The number of carbonyl (C=O) groups excluding carboxylic acids is 1. The quantitative estimate of drug-likeness (QED) is 0.637. The minimum absolute atomic E-state index is 0.00666. The maximum absolute atomic E-state index is 13.5. The number of nitrogens with zero attached hydrogens (tertiary/aromatic N) is 4. The molecule has 9 nitrogen and oxygen atoms in total. The fourth-order valence-corrected chi connectivity index (χ4v) is 4.84. The van der Waals surface area contributed by atoms with E-state index in [1.165, 1.54) is 13.4 Å². The molecular weight excluding hydrogens is 424 g/mol. The van der Waals surface area contributed by atoms with Gasteiger partial charge >= 0.3 is 0 Å². The Labute approximate surface area is 190 Å². The van der Waals surface area contributed by atoms with Gasteiger partial charge in [-0.2, -0.15) is 10.1 Å². The van der Waals surface area contributed by atoms with Gasteiger partial charge in [0.2, 0.25) is 5.95 Å². The van der Waals surface area contributed by atoms with E-state index in [4.69, 9.17) is 19.2 Å². The van der Waals surface area contributed by atoms with Gasteiger partial charge in [-0.3, -0.25) is 4.79 Å². The summed E-state index contributed by atoms with van der Waals surface area (Å²) in [7, 11) is 4.68. The number of carbonyl (C=O) groups is 1. The molecule has 1 saturated carbocycles. The normalized spacial score (nSPS) is 21.6. The van der Waals surface area contributed by atoms with Gasteiger partial charge in [-0.1, -0.05) is 12.1 Å². The zero-order valence-corrected chi connectivity index (χ0v) is 18.6. The van der Waals surface area contributed by atoms with Gasteiger partial charge in [0.25, 0.3) is 0 Å². The van der Waals surface area contributed by atoms with Crippen LogP contribution >= 0.6 is 0 Å². The van der Waals surface area contributed by atoms with Crippen LogP contribution in [-0.4, -0.2) is 52.7 Å². The third kappa shape index (κ3) is 3.49. The fourth-order valence-electron chi connectivity index (χ4n) is 4.84. The number of phenolic OH excluding ortho intramolecular Hbond substituents is 1. The van der Waals surface area contributed by atoms with Crippen molar-refractivity contribution in [2.75, 3.05) is 21.3 Å². The van der Waals surface area contributed by atoms with Gasteiger partial charge in [-0.05, 0) is 47.7 Å². The van der Waals surface area contributed by atoms with E-state index >= 15 is 0 Å². The molecule has 2 aliphatic rings. The zero-order valence-electron chi connectivity index (χ0n) is 18.6. The highest BCUT2D eigenvalue weighted by Crippen LogP contribution is 2.45. The van der Waals surface area contributed by atoms with Crippen LogP contribution in [-0.2, 0) is 4.79 Å². The second kappa shape index (κ2) is 8.23. The van der Waals surface area contributed by atoms with E-state index in [1.807, 2.05) is 24.3 Å². The summed E-state index contributed by atoms with van der Waals surface area (Å²) in [5.41, 5.74) is 2.51. The van der Waals surface area contributed by atoms with Crippen LogP contribution in [0.2, 0.25) is 0 Å². The molecule has 3 unspecified atom stereocenters. The Kier molecular flexibility index (Phi) is 5.24. The van der Waals surface area contributed by atoms with E-state index in [0.717, 1.165) is 16.8 Å². The Hall–Kier alpha value is -3.88. The van der Waals surface area contributed by atoms with E-state index in [9.17, 15) is 9.90 Å². The van der Waals surface area contributed by atoms with Crippen LogP contribution in [0.4, 0.5) is 5.95 Å². The Morgan fingerprint density at radius 1 is 0.939 bits per heavy atom. The lowest BCUT2D eigenvalue weighted by molar-refractivity contribution is -0.122. The third-order valence-electron chi connectivity index (χ3n) is 6.41. The number of hydrogen-bond donors (Lipinski definition) is 1. The Bertz CT molecular complexity index is 1250. The minimum atomic E-state index is -0.483. The first-order chi connectivity index (χ1) is 16.0. The monoisotopic (exact) mass is 448 g/mol. The van der Waals surface area contributed by atoms with Crippen molar-refractivity contribution in [1.82, 2.24) is 14.8 Å². The van der Waals surface area contributed by atoms with Crippen LogP contribution < -0.4 is 14.2 Å². The van der Waals surface area contributed by atoms with Gasteiger partial charge in [0.1, 0.15) is 12.1 Å². The molecule has 1 aliphatic heterocycles. The topological polar surface area (TPSA) is 108 Å². The van der Waals surface area contributed by atoms with Crippen molar-refractivity contribution in [1.29, 1.82) is 0 Å². The predicted molar refractivity (Wildman–Crippen MR) is 120 cm³/mol. The molecule has 33 heavy (non-hydrogen) atoms. The first-order valence-corrected chi connectivity index (χ1v) is 10.6. The van der Waals surface area contributed by atoms with Crippen LogP contribution in [0.25, 0.3) is 0 Å². The molecule has 2 heterocycles. The lowest BCUT2D eigenvalue weighted by Crippen LogP contribution is -2.41. The average Bonchev–Trinajstić information content (AvgIpc) is 3.30. The number of aromatic hydroxyl groups is 1. The number of phenols is 1. The highest BCUT2D eigenvalue weighted by Gasteiger charge is 2.44. The molecule has 1 aromatic heterocycles. The molecule has 1 N–H and O–H groups in total. The molecule has 0 amide bonds. The van der Waals surface area contributed by atoms with E-state index in [1.54, 1.807) is 31.0 Å². The van der Waals surface area contributed by atoms with Crippen LogP contribution in [0.3, 0.4) is 0 Å². The average molecular weight is 448 g/mol. The molecule has 0 radical (unpaired) electrons. The Morgan fingerprint density at radius 3 is 2.39 bits per heavy atom. The number of aromatic nitrogens is 3. The van der Waals surface area contributed by atoms with Crippen molar-refractivity contribution in [3.63, 3.8) is 0 Å². The van der Waals surface area contributed by atoms with Crippen molar-refractivity contribution >= 4 is 17.4 Å². The number of rotatable bonds is 5. The molecule has 170 valence electrons. The first kappa shape index (κ1) is 21.0. The van der Waals surface area contributed by atoms with Gasteiger partial charge in [-0.25, -0.2) is 9.67 Å². The fraction of sp³-hybridized carbons (Fsp3) is 0.333. The molecule has 1 fully saturated rings. The number of fused-ring (bicyclic) bond motifs is 2. The minimum Gasteiger partial charge on any atom is -0.504 e. The number of ketones is 1. The molecule has 2 aromatic carbocycles. The van der Waals surface area contributed by atoms with Gasteiger partial charge in [0.05, 0.1) is 33.3 Å². The molecule has 0 saturated heterocycles. The highest BCUT2D eigenvalue weighted by atomic mass is 16.5. The van der Waals surface area contributed by atoms with Crippen LogP contribution in [0.1, 0.15) is 35.9 Å². The lowest BCUT2D eigenvalue weighted by atomic mass is 9.72. The smallest absolute Gasteiger partial charge is 0.248 e. The maximum atomic E-state index is 13.5. The number of ether oxygens (including phenoxy) is 3. The molecular formula is C24H24N4O5. The van der Waals surface area contributed by atoms with Gasteiger partial charge < -0.3 is 19.3 Å². The third-order valence-corrected chi connectivity index (χ3v) is 6.41. The van der Waals surface area contributed by atoms with Crippen molar-refractivity contribution in [2.24, 2.45) is 10.9 Å².